The molecule has 0 atom stereocenters. The van der Waals surface area contributed by atoms with Crippen LogP contribution < -0.4 is 10.5 Å². The van der Waals surface area contributed by atoms with E-state index in [9.17, 15) is 28.8 Å². The van der Waals surface area contributed by atoms with Crippen LogP contribution >= 0.6 is 53.1 Å². The van der Waals surface area contributed by atoms with Gasteiger partial charge in [0.15, 0.2) is 0 Å². The summed E-state index contributed by atoms with van der Waals surface area (Å²) >= 11 is -9.32. The minimum atomic E-state index is -3.11. The summed E-state index contributed by atoms with van der Waals surface area (Å²) in [5, 5.41) is 0. The van der Waals surface area contributed by atoms with Crippen LogP contribution in [-0.2, 0) is 28.4 Å². The Morgan fingerprint density at radius 3 is 0.516 bits per heavy atom. The number of ether oxygens (including phenoxy) is 6. The second kappa shape index (κ2) is 40.1. The number of allylic oxidation sites excluding steroid dienone is 12. The fourth-order valence-electron chi connectivity index (χ4n) is 7.10. The van der Waals surface area contributed by atoms with Crippen LogP contribution in [0, 0.1) is 0 Å². The average molecular weight is 1670 g/mol. The van der Waals surface area contributed by atoms with Crippen LogP contribution in [-0.4, -0.2) is 88.0 Å². The molecule has 93 heavy (non-hydrogen) atoms. The van der Waals surface area contributed by atoms with E-state index < -0.39 is 88.0 Å². The Bertz CT molecular complexity index is 3340. The molecule has 468 valence electrons. The van der Waals surface area contributed by atoms with Crippen molar-refractivity contribution in [1.29, 1.82) is 0 Å². The normalized spacial score (nSPS) is 11.4. The summed E-state index contributed by atoms with van der Waals surface area (Å²) in [5.41, 5.74) is 2.17. The van der Waals surface area contributed by atoms with E-state index in [0.29, 0.717) is 33.4 Å². The second-order valence-corrected chi connectivity index (χ2v) is 59.5. The van der Waals surface area contributed by atoms with Crippen LogP contribution in [0.4, 0.5) is 0 Å². The van der Waals surface area contributed by atoms with Crippen molar-refractivity contribution in [3.05, 3.63) is 347 Å². The molecule has 0 spiro atoms. The minimum absolute atomic E-state index is 0.362. The standard InChI is InChI=1S/6C11H10O2S.C6H3.3Sb/c6*1-2-3-8-13-11(12)9-4-6-10(14)7-5-9;1-2-4-6-5-3-1;;;/h6*2-8,14H,1H2;1,4-5H;;;/q;;;;;;;3*+2/p-6. The number of hydrogen-bond acceptors (Lipinski definition) is 18. The molecule has 0 saturated carbocycles. The van der Waals surface area contributed by atoms with Gasteiger partial charge in [-0.05, 0) is 0 Å². The van der Waals surface area contributed by atoms with E-state index in [-0.39, 0.29) is 0 Å². The van der Waals surface area contributed by atoms with Crippen LogP contribution in [0.2, 0.25) is 0 Å². The van der Waals surface area contributed by atoms with Gasteiger partial charge in [0.05, 0.1) is 0 Å². The number of esters is 6. The molecule has 0 N–H and O–H groups in total. The van der Waals surface area contributed by atoms with Gasteiger partial charge in [-0.3, -0.25) is 0 Å². The summed E-state index contributed by atoms with van der Waals surface area (Å²) in [4.78, 5) is 84.2. The van der Waals surface area contributed by atoms with Gasteiger partial charge < -0.3 is 0 Å². The van der Waals surface area contributed by atoms with Gasteiger partial charge in [-0.25, -0.2) is 0 Å². The summed E-state index contributed by atoms with van der Waals surface area (Å²) in [6.07, 6.45) is 26.0. The summed E-state index contributed by atoms with van der Waals surface area (Å²) in [6, 6.07) is 51.0. The van der Waals surface area contributed by atoms with Gasteiger partial charge in [0, 0.05) is 0 Å². The quantitative estimate of drug-likeness (QED) is 0.0126. The molecule has 0 aliphatic rings. The van der Waals surface area contributed by atoms with Crippen molar-refractivity contribution >= 4 is 152 Å². The number of benzene rings is 7. The summed E-state index contributed by atoms with van der Waals surface area (Å²) in [7, 11) is 10.6. The maximum atomic E-state index is 13.1. The predicted octanol–water partition coefficient (Wildman–Crippen LogP) is 16.7. The van der Waals surface area contributed by atoms with Gasteiger partial charge in [-0.2, -0.15) is 0 Å². The second-order valence-electron chi connectivity index (χ2n) is 18.0. The molecule has 0 bridgehead atoms. The molecule has 0 amide bonds. The van der Waals surface area contributed by atoms with Crippen molar-refractivity contribution in [2.45, 2.75) is 29.4 Å². The number of hydrogen-bond donors (Lipinski definition) is 0. The van der Waals surface area contributed by atoms with Crippen molar-refractivity contribution in [2.75, 3.05) is 0 Å². The SMILES string of the molecule is C=CC=COC(=O)c1ccc([S][Sb]([S]c2ccc(C(=O)OC=CC=C)cc2)[c]2c[c]([Sb]([S]c3ccc(C(=O)OC=CC=C)cc3)[S]c3ccc(C(=O)OC=CC=C)cc3)c[c]([Sb]([S]c3ccc(C(=O)OC=CC=C)cc3)[S]c3ccc(C(=O)OC=CC=C)cc3)c2)cc1. The third-order valence-corrected chi connectivity index (χ3v) is 58.1. The van der Waals surface area contributed by atoms with E-state index in [1.807, 2.05) is 72.8 Å². The summed E-state index contributed by atoms with van der Waals surface area (Å²) < 4.78 is 35.4. The van der Waals surface area contributed by atoms with E-state index in [0.717, 1.165) is 39.9 Å². The fraction of sp³-hybridized carbons (Fsp3) is 0. The Hall–Kier alpha value is -7.21. The molecule has 0 aromatic heterocycles. The van der Waals surface area contributed by atoms with Crippen molar-refractivity contribution in [1.82, 2.24) is 0 Å². The first-order chi connectivity index (χ1) is 45.3. The van der Waals surface area contributed by atoms with Crippen molar-refractivity contribution < 1.29 is 57.2 Å². The first-order valence-electron chi connectivity index (χ1n) is 27.5. The molecule has 0 unspecified atom stereocenters. The monoisotopic (exact) mass is 1670 g/mol. The Kier molecular flexibility index (Phi) is 31.6. The van der Waals surface area contributed by atoms with Gasteiger partial charge in [0.2, 0.25) is 0 Å². The molecule has 0 fully saturated rings. The zero-order valence-corrected chi connectivity index (χ0v) is 62.0. The van der Waals surface area contributed by atoms with Crippen LogP contribution in [0.15, 0.2) is 343 Å². The molecule has 7 aromatic rings. The Morgan fingerprint density at radius 1 is 0.247 bits per heavy atom. The molecular formula is C72H57O12S6Sb3. The van der Waals surface area contributed by atoms with Crippen LogP contribution in [0.3, 0.4) is 0 Å². The van der Waals surface area contributed by atoms with Crippen LogP contribution in [0.25, 0.3) is 0 Å². The fourth-order valence-corrected chi connectivity index (χ4v) is 56.8. The summed E-state index contributed by atoms with van der Waals surface area (Å²) in [6.45, 7) is 21.9. The van der Waals surface area contributed by atoms with E-state index in [1.54, 1.807) is 126 Å². The molecule has 7 aromatic carbocycles. The molecule has 12 nitrogen and oxygen atoms in total. The molecular weight excluding hydrogens is 1610 g/mol. The van der Waals surface area contributed by atoms with E-state index in [4.69, 9.17) is 28.4 Å². The van der Waals surface area contributed by atoms with Gasteiger partial charge in [-0.1, -0.05) is 0 Å². The van der Waals surface area contributed by atoms with Crippen molar-refractivity contribution in [2.24, 2.45) is 0 Å². The maximum absolute atomic E-state index is 13.1. The summed E-state index contributed by atoms with van der Waals surface area (Å²) in [5.74, 6) is -3.15. The third-order valence-electron chi connectivity index (χ3n) is 11.5. The first-order valence-corrected chi connectivity index (χ1v) is 54.7. The Morgan fingerprint density at radius 2 is 0.387 bits per heavy atom. The first kappa shape index (κ1) is 73.2. The Labute approximate surface area is 578 Å². The van der Waals surface area contributed by atoms with Crippen LogP contribution in [0.5, 0.6) is 0 Å². The Balaban J connectivity index is 1.44. The van der Waals surface area contributed by atoms with Gasteiger partial charge in [-0.15, -0.1) is 0 Å². The average Bonchev–Trinajstić information content (AvgIpc) is 0.834. The van der Waals surface area contributed by atoms with E-state index >= 15 is 0 Å². The molecule has 0 aliphatic carbocycles. The van der Waals surface area contributed by atoms with Gasteiger partial charge in [0.25, 0.3) is 0 Å². The molecule has 21 heteroatoms. The van der Waals surface area contributed by atoms with Gasteiger partial charge >= 0.3 is 585 Å². The number of carbonyl (C=O) groups excluding carboxylic acids is 6. The zero-order chi connectivity index (χ0) is 66.2. The molecule has 0 saturated heterocycles. The molecule has 0 heterocycles. The van der Waals surface area contributed by atoms with Crippen molar-refractivity contribution in [3.63, 3.8) is 0 Å². The third kappa shape index (κ3) is 24.3. The predicted molar refractivity (Wildman–Crippen MR) is 385 cm³/mol. The van der Waals surface area contributed by atoms with E-state index in [1.165, 1.54) is 110 Å². The molecule has 0 radical (unpaired) electrons. The topological polar surface area (TPSA) is 158 Å². The van der Waals surface area contributed by atoms with E-state index in [2.05, 4.69) is 57.7 Å². The zero-order valence-electron chi connectivity index (χ0n) is 49.4. The molecule has 7 rings (SSSR count). The van der Waals surface area contributed by atoms with Gasteiger partial charge in [0.1, 0.15) is 0 Å². The number of carbonyl (C=O) groups is 6. The number of rotatable bonds is 33. The molecule has 0 aliphatic heterocycles. The van der Waals surface area contributed by atoms with Crippen molar-refractivity contribution in [3.8, 4) is 0 Å². The van der Waals surface area contributed by atoms with Crippen LogP contribution in [0.1, 0.15) is 62.1 Å².